The molecule has 2 aliphatic rings. The quantitative estimate of drug-likeness (QED) is 0.703. The highest BCUT2D eigenvalue weighted by molar-refractivity contribution is 7.87. The van der Waals surface area contributed by atoms with E-state index < -0.39 is 22.5 Å². The van der Waals surface area contributed by atoms with Crippen molar-refractivity contribution in [1.82, 2.24) is 4.98 Å². The third kappa shape index (κ3) is 3.66. The van der Waals surface area contributed by atoms with E-state index in [9.17, 15) is 9.90 Å². The lowest BCUT2D eigenvalue weighted by molar-refractivity contribution is 0.0825. The summed E-state index contributed by atoms with van der Waals surface area (Å²) in [6.07, 6.45) is 6.05. The molecule has 2 amide bonds. The Morgan fingerprint density at radius 2 is 1.86 bits per heavy atom. The zero-order valence-electron chi connectivity index (χ0n) is 16.5. The number of thiophene rings is 1. The lowest BCUT2D eigenvalue weighted by atomic mass is 10.1. The Kier molecular flexibility index (Phi) is 5.16. The van der Waals surface area contributed by atoms with Crippen molar-refractivity contribution in [1.29, 1.82) is 0 Å². The number of hydrogen-bond acceptors (Lipinski definition) is 4. The maximum Gasteiger partial charge on any atom is 0.352 e. The van der Waals surface area contributed by atoms with E-state index in [1.54, 1.807) is 13.8 Å². The van der Waals surface area contributed by atoms with Crippen molar-refractivity contribution in [3.05, 3.63) is 39.0 Å². The molecule has 28 heavy (non-hydrogen) atoms. The number of carbonyl (C=O) groups excluding carboxylic acids is 1. The highest BCUT2D eigenvalue weighted by Gasteiger charge is 2.26. The molecule has 0 aromatic carbocycles. The topological polar surface area (TPSA) is 101 Å². The zero-order valence-corrected chi connectivity index (χ0v) is 18.1. The van der Waals surface area contributed by atoms with Crippen molar-refractivity contribution in [2.24, 2.45) is 9.50 Å². The van der Waals surface area contributed by atoms with Crippen LogP contribution in [0.2, 0.25) is 0 Å². The second-order valence-electron chi connectivity index (χ2n) is 8.02. The molecule has 0 saturated carbocycles. The van der Waals surface area contributed by atoms with Gasteiger partial charge < -0.3 is 10.4 Å². The van der Waals surface area contributed by atoms with Crippen LogP contribution in [-0.2, 0) is 42.2 Å². The van der Waals surface area contributed by atoms with Crippen LogP contribution in [0, 0.1) is 6.92 Å². The molecule has 0 aliphatic heterocycles. The van der Waals surface area contributed by atoms with E-state index >= 15 is 0 Å². The Bertz CT molecular complexity index is 957. The van der Waals surface area contributed by atoms with Crippen LogP contribution in [-0.4, -0.2) is 16.1 Å². The lowest BCUT2D eigenvalue weighted by Gasteiger charge is -2.14. The van der Waals surface area contributed by atoms with Crippen molar-refractivity contribution in [2.45, 2.75) is 69.1 Å². The Morgan fingerprint density at radius 1 is 1.25 bits per heavy atom. The van der Waals surface area contributed by atoms with E-state index in [0.717, 1.165) is 70.2 Å². The molecule has 2 aliphatic carbocycles. The van der Waals surface area contributed by atoms with Crippen LogP contribution in [0.4, 0.5) is 10.5 Å². The highest BCUT2D eigenvalue weighted by atomic mass is 32.2. The number of nitrogens with zero attached hydrogens (tertiary/aromatic N) is 2. The van der Waals surface area contributed by atoms with Gasteiger partial charge in [0, 0.05) is 27.1 Å². The van der Waals surface area contributed by atoms with E-state index in [1.807, 2.05) is 13.0 Å². The first-order valence-corrected chi connectivity index (χ1v) is 11.7. The summed E-state index contributed by atoms with van der Waals surface area (Å²) < 4.78 is 5.04. The molecule has 0 fully saturated rings. The number of pyridine rings is 1. The van der Waals surface area contributed by atoms with Crippen LogP contribution < -0.4 is 10.5 Å². The number of aromatic nitrogens is 1. The Morgan fingerprint density at radius 3 is 2.39 bits per heavy atom. The summed E-state index contributed by atoms with van der Waals surface area (Å²) in [5.74, 6) is 0. The molecule has 0 spiro atoms. The van der Waals surface area contributed by atoms with E-state index in [4.69, 9.17) is 10.1 Å². The molecule has 8 heteroatoms. The van der Waals surface area contributed by atoms with Crippen molar-refractivity contribution >= 4 is 33.9 Å². The number of hydrogen-bond donors (Lipinski definition) is 3. The van der Waals surface area contributed by atoms with E-state index in [-0.39, 0.29) is 0 Å². The van der Waals surface area contributed by atoms with Gasteiger partial charge in [0.1, 0.15) is 0 Å². The normalized spacial score (nSPS) is 16.9. The Labute approximate surface area is 171 Å². The number of anilines is 1. The van der Waals surface area contributed by atoms with Gasteiger partial charge in [-0.2, -0.15) is 4.36 Å². The summed E-state index contributed by atoms with van der Waals surface area (Å²) in [4.78, 5) is 18.3. The van der Waals surface area contributed by atoms with Crippen LogP contribution >= 0.6 is 11.3 Å². The third-order valence-corrected chi connectivity index (χ3v) is 8.50. The predicted molar refractivity (Wildman–Crippen MR) is 114 cm³/mol. The van der Waals surface area contributed by atoms with Crippen LogP contribution in [0.5, 0.6) is 0 Å². The molecule has 4 N–H and O–H groups in total. The molecule has 6 nitrogen and oxygen atoms in total. The monoisotopic (exact) mass is 418 g/mol. The molecule has 150 valence electrons. The van der Waals surface area contributed by atoms with Crippen LogP contribution in [0.15, 0.2) is 14.6 Å². The standard InChI is InChI=1S/C20H26N4O2S2/c1-11-10-16(20(2,3)26)27-18(11)28(21)24-19(25)23-17-12-6-4-8-14(12)22-15-9-5-7-13(15)17/h10,26H,4-9H2,1-3H3,(H3,21,22,23,24,25). The van der Waals surface area contributed by atoms with Gasteiger partial charge in [0.05, 0.1) is 15.5 Å². The van der Waals surface area contributed by atoms with Gasteiger partial charge in [-0.15, -0.1) is 11.3 Å². The average Bonchev–Trinajstić information content (AvgIpc) is 3.32. The fraction of sp³-hybridized carbons (Fsp3) is 0.500. The molecule has 0 radical (unpaired) electrons. The van der Waals surface area contributed by atoms with Gasteiger partial charge in [-0.25, -0.2) is 4.79 Å². The average molecular weight is 419 g/mol. The molecule has 1 unspecified atom stereocenters. The summed E-state index contributed by atoms with van der Waals surface area (Å²) in [5.41, 5.74) is 5.57. The number of amides is 2. The number of aliphatic hydroxyl groups is 1. The van der Waals surface area contributed by atoms with Gasteiger partial charge in [-0.1, -0.05) is 0 Å². The van der Waals surface area contributed by atoms with Crippen LogP contribution in [0.1, 0.15) is 59.6 Å². The van der Waals surface area contributed by atoms with Gasteiger partial charge in [0.25, 0.3) is 0 Å². The summed E-state index contributed by atoms with van der Waals surface area (Å²) in [5, 5.41) is 19.5. The molecular formula is C20H26N4O2S2. The predicted octanol–water partition coefficient (Wildman–Crippen LogP) is 3.92. The largest absolute Gasteiger partial charge is 0.385 e. The number of nitrogens with two attached hydrogens (primary N) is 1. The number of carbonyl (C=O) groups is 1. The summed E-state index contributed by atoms with van der Waals surface area (Å²) in [7, 11) is -1.05. The fourth-order valence-electron chi connectivity index (χ4n) is 3.97. The van der Waals surface area contributed by atoms with Crippen molar-refractivity contribution < 1.29 is 9.90 Å². The maximum atomic E-state index is 12.7. The van der Waals surface area contributed by atoms with Crippen molar-refractivity contribution in [2.75, 3.05) is 5.32 Å². The maximum absolute atomic E-state index is 12.7. The number of aryl methyl sites for hydroxylation is 3. The van der Waals surface area contributed by atoms with Gasteiger partial charge in [-0.05, 0) is 82.1 Å². The van der Waals surface area contributed by atoms with Crippen molar-refractivity contribution in [3.8, 4) is 0 Å². The first kappa shape index (κ1) is 19.7. The fourth-order valence-corrected chi connectivity index (χ4v) is 6.30. The summed E-state index contributed by atoms with van der Waals surface area (Å²) in [6.45, 7) is 5.42. The van der Waals surface area contributed by atoms with Gasteiger partial charge in [-0.3, -0.25) is 10.1 Å². The zero-order chi connectivity index (χ0) is 20.1. The van der Waals surface area contributed by atoms with Crippen molar-refractivity contribution in [3.63, 3.8) is 0 Å². The second-order valence-corrected chi connectivity index (χ2v) is 10.6. The van der Waals surface area contributed by atoms with Crippen LogP contribution in [0.3, 0.4) is 0 Å². The van der Waals surface area contributed by atoms with E-state index in [0.29, 0.717) is 0 Å². The van der Waals surface area contributed by atoms with Gasteiger partial charge in [0.2, 0.25) is 0 Å². The molecule has 2 aromatic rings. The molecule has 0 saturated heterocycles. The second kappa shape index (κ2) is 7.33. The molecule has 0 bridgehead atoms. The molecule has 2 aromatic heterocycles. The molecule has 2 heterocycles. The number of rotatable bonds is 3. The number of urea groups is 1. The number of nitrogens with one attached hydrogen (secondary N) is 1. The van der Waals surface area contributed by atoms with Gasteiger partial charge in [0.15, 0.2) is 0 Å². The summed E-state index contributed by atoms with van der Waals surface area (Å²) >= 11 is 1.42. The number of fused-ring (bicyclic) bond motifs is 2. The summed E-state index contributed by atoms with van der Waals surface area (Å²) in [6, 6.07) is 1.51. The first-order valence-electron chi connectivity index (χ1n) is 9.62. The van der Waals surface area contributed by atoms with E-state index in [2.05, 4.69) is 9.68 Å². The Hall–Kier alpha value is -1.61. The molecule has 1 atom stereocenters. The third-order valence-electron chi connectivity index (χ3n) is 5.33. The SMILES string of the molecule is Cc1cc(C(C)(C)O)sc1S(N)=NC(=O)Nc1c2c(nc3c1CCC3)CCC2. The van der Waals surface area contributed by atoms with Crippen LogP contribution in [0.25, 0.3) is 0 Å². The van der Waals surface area contributed by atoms with E-state index in [1.165, 1.54) is 22.5 Å². The highest BCUT2D eigenvalue weighted by Crippen LogP contribution is 2.37. The van der Waals surface area contributed by atoms with Gasteiger partial charge >= 0.3 is 6.03 Å². The molecule has 4 rings (SSSR count). The minimum atomic E-state index is -1.05. The lowest BCUT2D eigenvalue weighted by Crippen LogP contribution is -2.15. The molecular weight excluding hydrogens is 392 g/mol. The smallest absolute Gasteiger partial charge is 0.352 e. The minimum Gasteiger partial charge on any atom is -0.385 e. The Balaban J connectivity index is 1.61. The first-order chi connectivity index (χ1) is 13.2. The minimum absolute atomic E-state index is 0.405.